The van der Waals surface area contributed by atoms with Gasteiger partial charge < -0.3 is 44.7 Å². The monoisotopic (exact) mass is 939 g/mol. The van der Waals surface area contributed by atoms with Gasteiger partial charge in [-0.15, -0.1) is 0 Å². The first kappa shape index (κ1) is 48.2. The van der Waals surface area contributed by atoms with E-state index in [2.05, 4.69) is 21.0 Å². The number of carbonyl (C=O) groups excluding carboxylic acids is 4. The van der Waals surface area contributed by atoms with Crippen LogP contribution in [0.1, 0.15) is 75.4 Å². The summed E-state index contributed by atoms with van der Waals surface area (Å²) in [6.45, 7) is 5.43. The number of esters is 1. The Morgan fingerprint density at radius 2 is 1.38 bits per heavy atom. The van der Waals surface area contributed by atoms with Crippen molar-refractivity contribution in [2.24, 2.45) is 0 Å². The molecule has 2 aliphatic heterocycles. The summed E-state index contributed by atoms with van der Waals surface area (Å²) < 4.78 is 39.8. The third kappa shape index (κ3) is 9.85. The molecule has 1 spiro atoms. The van der Waals surface area contributed by atoms with Crippen LogP contribution in [0.4, 0.5) is 15.8 Å². The molecule has 1 aromatic heterocycles. The van der Waals surface area contributed by atoms with E-state index in [1.165, 1.54) is 12.1 Å². The highest BCUT2D eigenvalue weighted by molar-refractivity contribution is 6.07. The molecule has 5 aromatic carbocycles. The summed E-state index contributed by atoms with van der Waals surface area (Å²) in [6, 6.07) is 30.7. The Balaban J connectivity index is 0.782. The minimum Gasteiger partial charge on any atom is -0.456 e. The van der Waals surface area contributed by atoms with Gasteiger partial charge in [0, 0.05) is 86.9 Å². The van der Waals surface area contributed by atoms with E-state index in [4.69, 9.17) is 18.9 Å². The van der Waals surface area contributed by atoms with E-state index in [1.807, 2.05) is 119 Å². The number of hydrogen-bond donors (Lipinski definition) is 3. The first-order valence-corrected chi connectivity index (χ1v) is 23.2. The molecule has 0 saturated carbocycles. The fourth-order valence-electron chi connectivity index (χ4n) is 8.96. The number of halogens is 1. The molecule has 15 nitrogen and oxygen atoms in total. The highest BCUT2D eigenvalue weighted by atomic mass is 19.1. The molecular formula is C53H58FN7O8. The maximum atomic E-state index is 13.9. The molecule has 0 unspecified atom stereocenters. The van der Waals surface area contributed by atoms with Crippen molar-refractivity contribution in [1.29, 1.82) is 0 Å². The van der Waals surface area contributed by atoms with Crippen molar-refractivity contribution in [2.45, 2.75) is 50.8 Å². The number of fused-ring (bicyclic) bond motifs is 7. The number of carbonyl (C=O) groups is 4. The van der Waals surface area contributed by atoms with Gasteiger partial charge in [-0.1, -0.05) is 56.3 Å². The van der Waals surface area contributed by atoms with Gasteiger partial charge in [-0.25, -0.2) is 9.18 Å². The molecule has 0 atom stereocenters. The molecule has 69 heavy (non-hydrogen) atoms. The summed E-state index contributed by atoms with van der Waals surface area (Å²) in [5.41, 5.74) is 4.24. The molecule has 360 valence electrons. The van der Waals surface area contributed by atoms with Gasteiger partial charge in [-0.2, -0.15) is 5.10 Å². The zero-order chi connectivity index (χ0) is 48.9. The molecule has 3 amide bonds. The van der Waals surface area contributed by atoms with Gasteiger partial charge >= 0.3 is 5.97 Å². The lowest BCUT2D eigenvalue weighted by molar-refractivity contribution is -0.128. The lowest BCUT2D eigenvalue weighted by atomic mass is 9.77. The number of para-hydroxylation sites is 1. The Bertz CT molecular complexity index is 2840. The lowest BCUT2D eigenvalue weighted by Crippen LogP contribution is -2.58. The van der Waals surface area contributed by atoms with E-state index in [9.17, 15) is 23.6 Å². The van der Waals surface area contributed by atoms with Crippen LogP contribution in [0.5, 0.6) is 11.5 Å². The summed E-state index contributed by atoms with van der Waals surface area (Å²) in [7, 11) is 7.82. The molecule has 2 aliphatic rings. The first-order valence-electron chi connectivity index (χ1n) is 23.2. The van der Waals surface area contributed by atoms with Gasteiger partial charge in [0.15, 0.2) is 11.3 Å². The summed E-state index contributed by atoms with van der Waals surface area (Å²) in [5, 5.41) is 14.0. The van der Waals surface area contributed by atoms with Crippen molar-refractivity contribution in [3.63, 3.8) is 0 Å². The molecule has 6 aromatic rings. The number of nitrogens with one attached hydrogen (secondary N) is 3. The van der Waals surface area contributed by atoms with Crippen LogP contribution in [-0.4, -0.2) is 107 Å². The van der Waals surface area contributed by atoms with Crippen LogP contribution in [0, 0.1) is 5.82 Å². The fourth-order valence-corrected chi connectivity index (χ4v) is 8.96. The minimum atomic E-state index is -1.23. The SMILES string of the molecule is CCC(CC)(NC(=O)c1nn(Cc2cccc(F)c2)c2ccccc12)C(=O)NCCOCCOCCNC(=O)Cc1ccc2c(c1)C(=O)OC21c2ccc(N(C)C)cc2Oc2cc(N(C)C)ccc21. The van der Waals surface area contributed by atoms with Crippen LogP contribution in [-0.2, 0) is 42.4 Å². The lowest BCUT2D eigenvalue weighted by Gasteiger charge is -2.37. The number of rotatable bonds is 20. The van der Waals surface area contributed by atoms with Gasteiger partial charge in [-0.05, 0) is 72.5 Å². The van der Waals surface area contributed by atoms with Gasteiger partial charge in [-0.3, -0.25) is 19.1 Å². The van der Waals surface area contributed by atoms with Crippen LogP contribution in [0.25, 0.3) is 10.9 Å². The largest absolute Gasteiger partial charge is 0.456 e. The highest BCUT2D eigenvalue weighted by Gasteiger charge is 2.53. The molecule has 0 bridgehead atoms. The van der Waals surface area contributed by atoms with Crippen LogP contribution in [0.2, 0.25) is 0 Å². The maximum Gasteiger partial charge on any atom is 0.340 e. The average Bonchev–Trinajstić information content (AvgIpc) is 3.85. The number of amides is 3. The summed E-state index contributed by atoms with van der Waals surface area (Å²) in [6.07, 6.45) is 0.736. The summed E-state index contributed by atoms with van der Waals surface area (Å²) in [5.74, 6) is -0.690. The normalized spacial score (nSPS) is 13.2. The quantitative estimate of drug-likeness (QED) is 0.0550. The van der Waals surface area contributed by atoms with Gasteiger partial charge in [0.05, 0.1) is 50.5 Å². The third-order valence-electron chi connectivity index (χ3n) is 12.8. The number of nitrogens with zero attached hydrogens (tertiary/aromatic N) is 4. The Kier molecular flexibility index (Phi) is 14.3. The molecule has 0 aliphatic carbocycles. The van der Waals surface area contributed by atoms with E-state index in [0.29, 0.717) is 57.5 Å². The zero-order valence-corrected chi connectivity index (χ0v) is 39.8. The van der Waals surface area contributed by atoms with Crippen LogP contribution < -0.4 is 30.5 Å². The second-order valence-electron chi connectivity index (χ2n) is 17.6. The predicted octanol–water partition coefficient (Wildman–Crippen LogP) is 6.72. The van der Waals surface area contributed by atoms with Crippen molar-refractivity contribution in [3.05, 3.63) is 148 Å². The van der Waals surface area contributed by atoms with E-state index >= 15 is 0 Å². The standard InChI is InChI=1S/C53H58FN7O8/c1-7-52(8-2,57-49(63)48-39-14-9-10-15-44(39)61(58-48)33-35-12-11-13-36(54)28-35)51(65)56-23-25-67-27-26-66-24-22-55-47(62)30-34-16-19-41-40(29-34)50(64)69-53(41)42-20-17-37(59(3)4)31-45(42)68-46-32-38(60(5)6)18-21-43(46)53/h9-21,28-29,31-32H,7-8,22-27,30,33H2,1-6H3,(H,55,62)(H,56,65)(H,57,63). The average molecular weight is 940 g/mol. The summed E-state index contributed by atoms with van der Waals surface area (Å²) in [4.78, 5) is 58.0. The van der Waals surface area contributed by atoms with Gasteiger partial charge in [0.1, 0.15) is 22.9 Å². The van der Waals surface area contributed by atoms with Crippen molar-refractivity contribution in [3.8, 4) is 11.5 Å². The van der Waals surface area contributed by atoms with Crippen molar-refractivity contribution in [1.82, 2.24) is 25.7 Å². The molecule has 0 fully saturated rings. The molecule has 3 heterocycles. The molecular weight excluding hydrogens is 882 g/mol. The topological polar surface area (TPSA) is 166 Å². The first-order chi connectivity index (χ1) is 33.3. The maximum absolute atomic E-state index is 13.9. The zero-order valence-electron chi connectivity index (χ0n) is 39.8. The second kappa shape index (κ2) is 20.5. The second-order valence-corrected chi connectivity index (χ2v) is 17.6. The minimum absolute atomic E-state index is 0.0530. The Morgan fingerprint density at radius 1 is 0.739 bits per heavy atom. The molecule has 8 rings (SSSR count). The van der Waals surface area contributed by atoms with Crippen molar-refractivity contribution in [2.75, 3.05) is 77.5 Å². The number of anilines is 2. The predicted molar refractivity (Wildman–Crippen MR) is 261 cm³/mol. The third-order valence-corrected chi connectivity index (χ3v) is 12.8. The Hall–Kier alpha value is -7.30. The van der Waals surface area contributed by atoms with Gasteiger partial charge in [0.25, 0.3) is 5.91 Å². The highest BCUT2D eigenvalue weighted by Crippen LogP contribution is 2.57. The Morgan fingerprint density at radius 3 is 2.01 bits per heavy atom. The van der Waals surface area contributed by atoms with Crippen molar-refractivity contribution < 1.29 is 42.5 Å². The molecule has 16 heteroatoms. The van der Waals surface area contributed by atoms with E-state index < -0.39 is 23.0 Å². The van der Waals surface area contributed by atoms with Crippen molar-refractivity contribution >= 4 is 46.0 Å². The van der Waals surface area contributed by atoms with E-state index in [-0.39, 0.29) is 75.8 Å². The van der Waals surface area contributed by atoms with Crippen LogP contribution in [0.3, 0.4) is 0 Å². The molecule has 0 radical (unpaired) electrons. The number of ether oxygens (including phenoxy) is 4. The van der Waals surface area contributed by atoms with E-state index in [1.54, 1.807) is 28.9 Å². The molecule has 0 saturated heterocycles. The number of hydrogen-bond acceptors (Lipinski definition) is 11. The summed E-state index contributed by atoms with van der Waals surface area (Å²) >= 11 is 0. The number of aromatic nitrogens is 2. The van der Waals surface area contributed by atoms with Crippen LogP contribution >= 0.6 is 0 Å². The Labute approximate surface area is 400 Å². The van der Waals surface area contributed by atoms with E-state index in [0.717, 1.165) is 22.5 Å². The fraction of sp³-hybridized carbons (Fsp3) is 0.340. The smallest absolute Gasteiger partial charge is 0.340 e. The number of benzene rings is 5. The van der Waals surface area contributed by atoms with Gasteiger partial charge in [0.2, 0.25) is 11.8 Å². The molecule has 3 N–H and O–H groups in total. The van der Waals surface area contributed by atoms with Crippen LogP contribution in [0.15, 0.2) is 103 Å².